The third-order valence-corrected chi connectivity index (χ3v) is 12.4. The predicted molar refractivity (Wildman–Crippen MR) is 79.7 cm³/mol. The first-order chi connectivity index (χ1) is 7.83. The molecule has 0 radical (unpaired) electrons. The first-order valence-electron chi connectivity index (χ1n) is 5.79. The predicted octanol–water partition coefficient (Wildman–Crippen LogP) is 1.85. The number of nitrogens with one attached hydrogen (secondary N) is 2. The molecule has 0 amide bonds. The molecule has 3 heterocycles. The van der Waals surface area contributed by atoms with Crippen LogP contribution in [0.1, 0.15) is 25.7 Å². The number of hydrogen-bond donors (Lipinski definition) is 2. The molecule has 0 aromatic rings. The number of fused-ring (bicyclic) bond motifs is 1. The third-order valence-electron chi connectivity index (χ3n) is 3.65. The molecule has 1 aliphatic carbocycles. The Balaban J connectivity index is 1.33. The minimum absolute atomic E-state index is 0.0540. The van der Waals surface area contributed by atoms with E-state index < -0.39 is 20.4 Å². The molecular weight excluding hydrogens is 434 g/mol. The summed E-state index contributed by atoms with van der Waals surface area (Å²) < 4.78 is 21.5. The second-order valence-corrected chi connectivity index (χ2v) is 12.1. The number of ether oxygens (including phenoxy) is 2. The molecule has 4 aliphatic rings. The van der Waals surface area contributed by atoms with Gasteiger partial charge in [0.1, 0.15) is 0 Å². The van der Waals surface area contributed by atoms with E-state index in [-0.39, 0.29) is 27.0 Å². The van der Waals surface area contributed by atoms with Gasteiger partial charge in [-0.3, -0.25) is 0 Å². The standard InChI is InChI=1S/C10H16I2N2O2/c1-15-9(6-4-2-3-5-6)16-8-7(11-8)10-12(13-10)14-10/h6-7,9,13-14H,2-5H2,1H3. The fourth-order valence-corrected chi connectivity index (χ4v) is 13.0. The van der Waals surface area contributed by atoms with Crippen molar-refractivity contribution in [1.82, 2.24) is 7.06 Å². The Morgan fingerprint density at radius 3 is 2.69 bits per heavy atom. The zero-order valence-electron chi connectivity index (χ0n) is 9.13. The zero-order valence-corrected chi connectivity index (χ0v) is 13.4. The van der Waals surface area contributed by atoms with Gasteiger partial charge in [0.15, 0.2) is 0 Å². The van der Waals surface area contributed by atoms with Crippen molar-refractivity contribution in [3.05, 3.63) is 0 Å². The van der Waals surface area contributed by atoms with Gasteiger partial charge in [-0.2, -0.15) is 0 Å². The molecule has 2 saturated heterocycles. The Kier molecular flexibility index (Phi) is 2.64. The summed E-state index contributed by atoms with van der Waals surface area (Å²) in [6.45, 7) is 0. The number of methoxy groups -OCH3 is 1. The second kappa shape index (κ2) is 3.83. The molecular formula is C10H16I2N2O2. The van der Waals surface area contributed by atoms with E-state index in [2.05, 4.69) is 7.06 Å². The van der Waals surface area contributed by atoms with Gasteiger partial charge < -0.3 is 0 Å². The fourth-order valence-electron chi connectivity index (χ4n) is 2.50. The maximum absolute atomic E-state index is 6.09. The van der Waals surface area contributed by atoms with Crippen LogP contribution in [0.3, 0.4) is 0 Å². The van der Waals surface area contributed by atoms with Gasteiger partial charge in [-0.05, 0) is 0 Å². The Morgan fingerprint density at radius 1 is 1.44 bits per heavy atom. The molecule has 92 valence electrons. The van der Waals surface area contributed by atoms with E-state index in [0.717, 1.165) is 3.92 Å². The van der Waals surface area contributed by atoms with E-state index in [4.69, 9.17) is 9.47 Å². The molecule has 4 rings (SSSR count). The molecule has 2 N–H and O–H groups in total. The van der Waals surface area contributed by atoms with Crippen LogP contribution in [0, 0.1) is 5.92 Å². The number of alkyl halides is 2. The van der Waals surface area contributed by atoms with Gasteiger partial charge in [0, 0.05) is 0 Å². The van der Waals surface area contributed by atoms with Crippen molar-refractivity contribution < 1.29 is 9.47 Å². The summed E-state index contributed by atoms with van der Waals surface area (Å²) in [6.07, 6.45) is 5.33. The Morgan fingerprint density at radius 2 is 2.12 bits per heavy atom. The van der Waals surface area contributed by atoms with Crippen molar-refractivity contribution in [2.45, 2.75) is 39.6 Å². The van der Waals surface area contributed by atoms with Crippen LogP contribution in [-0.2, 0) is 9.47 Å². The zero-order chi connectivity index (χ0) is 10.8. The number of hydrogen-bond acceptors (Lipinski definition) is 4. The molecule has 6 heteroatoms. The Bertz CT molecular complexity index is 351. The molecule has 3 aliphatic heterocycles. The van der Waals surface area contributed by atoms with Gasteiger partial charge in [0.25, 0.3) is 0 Å². The van der Waals surface area contributed by atoms with Crippen LogP contribution in [0.15, 0.2) is 0 Å². The van der Waals surface area contributed by atoms with Gasteiger partial charge in [0.2, 0.25) is 0 Å². The quantitative estimate of drug-likeness (QED) is 0.168. The van der Waals surface area contributed by atoms with Crippen LogP contribution in [-0.4, -0.2) is 24.7 Å². The van der Waals surface area contributed by atoms with Crippen molar-refractivity contribution in [3.63, 3.8) is 0 Å². The molecule has 0 bridgehead atoms. The molecule has 0 spiro atoms. The van der Waals surface area contributed by atoms with Gasteiger partial charge in [0.05, 0.1) is 0 Å². The fraction of sp³-hybridized carbons (Fsp3) is 0.900. The normalized spacial score (nSPS) is 38.4. The van der Waals surface area contributed by atoms with Crippen LogP contribution in [0.2, 0.25) is 0 Å². The van der Waals surface area contributed by atoms with Crippen LogP contribution in [0.25, 0.3) is 0 Å². The number of halogens is 2. The van der Waals surface area contributed by atoms with Crippen molar-refractivity contribution in [2.75, 3.05) is 7.11 Å². The molecule has 3 fully saturated rings. The van der Waals surface area contributed by atoms with Gasteiger partial charge >= 0.3 is 114 Å². The van der Waals surface area contributed by atoms with Gasteiger partial charge in [-0.25, -0.2) is 0 Å². The summed E-state index contributed by atoms with van der Waals surface area (Å²) >= 11 is -0.545. The van der Waals surface area contributed by atoms with E-state index in [1.54, 1.807) is 7.11 Å². The summed E-state index contributed by atoms with van der Waals surface area (Å²) in [5.74, 6) is 0.647. The van der Waals surface area contributed by atoms with Gasteiger partial charge in [-0.15, -0.1) is 0 Å². The van der Waals surface area contributed by atoms with Crippen LogP contribution >= 0.6 is 41.1 Å². The summed E-state index contributed by atoms with van der Waals surface area (Å²) in [5.41, 5.74) is 0. The average Bonchev–Trinajstić information content (AvgIpc) is 3.15. The molecule has 0 aromatic heterocycles. The topological polar surface area (TPSA) is 62.3 Å². The van der Waals surface area contributed by atoms with Crippen molar-refractivity contribution in [3.8, 4) is 0 Å². The average molecular weight is 450 g/mol. The van der Waals surface area contributed by atoms with E-state index in [9.17, 15) is 0 Å². The minimum atomic E-state index is -0.741. The van der Waals surface area contributed by atoms with E-state index in [0.29, 0.717) is 9.59 Å². The first kappa shape index (κ1) is 11.0. The van der Waals surface area contributed by atoms with Crippen LogP contribution in [0.4, 0.5) is 0 Å². The van der Waals surface area contributed by atoms with Crippen LogP contribution < -0.4 is 7.06 Å². The Labute approximate surface area is 113 Å². The van der Waals surface area contributed by atoms with Crippen molar-refractivity contribution >= 4 is 44.8 Å². The van der Waals surface area contributed by atoms with Crippen molar-refractivity contribution in [1.29, 1.82) is 0 Å². The van der Waals surface area contributed by atoms with Gasteiger partial charge in [-0.1, -0.05) is 0 Å². The van der Waals surface area contributed by atoms with Crippen LogP contribution in [0.5, 0.6) is 0 Å². The summed E-state index contributed by atoms with van der Waals surface area (Å²) in [5, 5.41) is 0. The SMILES string of the molecule is COC(OC1=IC1C12NI1N2)C1CCCC1. The monoisotopic (exact) mass is 450 g/mol. The van der Waals surface area contributed by atoms with Crippen molar-refractivity contribution in [2.24, 2.45) is 5.92 Å². The maximum atomic E-state index is 6.09. The summed E-state index contributed by atoms with van der Waals surface area (Å²) in [6, 6.07) is 0. The van der Waals surface area contributed by atoms with E-state index in [1.807, 2.05) is 0 Å². The molecule has 0 aromatic carbocycles. The van der Waals surface area contributed by atoms with E-state index in [1.165, 1.54) is 29.4 Å². The van der Waals surface area contributed by atoms with E-state index >= 15 is 0 Å². The third kappa shape index (κ3) is 1.71. The number of rotatable bonds is 5. The summed E-state index contributed by atoms with van der Waals surface area (Å²) in [7, 11) is 1.79. The Hall–Kier alpha value is 1.17. The molecule has 2 atom stereocenters. The summed E-state index contributed by atoms with van der Waals surface area (Å²) in [4.78, 5) is 0. The molecule has 2 unspecified atom stereocenters. The first-order valence-corrected chi connectivity index (χ1v) is 11.3. The second-order valence-electron chi connectivity index (χ2n) is 4.73. The molecule has 4 nitrogen and oxygen atoms in total. The molecule has 1 saturated carbocycles. The molecule has 16 heavy (non-hydrogen) atoms.